The molecular formula is C16H25N3O. The molecule has 0 aromatic heterocycles. The highest BCUT2D eigenvalue weighted by Crippen LogP contribution is 2.18. The number of nitriles is 1. The molecule has 1 aromatic carbocycles. The summed E-state index contributed by atoms with van der Waals surface area (Å²) >= 11 is 0. The molecule has 110 valence electrons. The van der Waals surface area contributed by atoms with E-state index in [0.29, 0.717) is 17.4 Å². The first-order valence-electron chi connectivity index (χ1n) is 7.10. The van der Waals surface area contributed by atoms with E-state index < -0.39 is 0 Å². The van der Waals surface area contributed by atoms with E-state index in [9.17, 15) is 0 Å². The first-order valence-corrected chi connectivity index (χ1v) is 7.10. The number of benzene rings is 1. The quantitative estimate of drug-likeness (QED) is 0.740. The Balaban J connectivity index is 2.41. The van der Waals surface area contributed by atoms with Crippen molar-refractivity contribution in [1.82, 2.24) is 10.2 Å². The summed E-state index contributed by atoms with van der Waals surface area (Å²) in [6.45, 7) is 7.21. The third-order valence-electron chi connectivity index (χ3n) is 3.70. The van der Waals surface area contributed by atoms with Crippen molar-refractivity contribution < 1.29 is 4.74 Å². The van der Waals surface area contributed by atoms with Crippen molar-refractivity contribution in [2.45, 2.75) is 32.9 Å². The minimum Gasteiger partial charge on any atom is -0.495 e. The van der Waals surface area contributed by atoms with Crippen molar-refractivity contribution in [3.63, 3.8) is 0 Å². The molecule has 0 heterocycles. The molecule has 4 heteroatoms. The van der Waals surface area contributed by atoms with Crippen LogP contribution in [0.25, 0.3) is 0 Å². The van der Waals surface area contributed by atoms with Crippen molar-refractivity contribution in [3.8, 4) is 11.8 Å². The van der Waals surface area contributed by atoms with Crippen LogP contribution in [0.4, 0.5) is 0 Å². The summed E-state index contributed by atoms with van der Waals surface area (Å²) in [5, 5.41) is 12.4. The minimum atomic E-state index is 0.577. The molecule has 0 bridgehead atoms. The first-order chi connectivity index (χ1) is 9.62. The lowest BCUT2D eigenvalue weighted by Gasteiger charge is -2.23. The van der Waals surface area contributed by atoms with E-state index in [2.05, 4.69) is 37.2 Å². The van der Waals surface area contributed by atoms with Gasteiger partial charge in [0.1, 0.15) is 11.8 Å². The van der Waals surface area contributed by atoms with Crippen LogP contribution in [0.15, 0.2) is 18.2 Å². The van der Waals surface area contributed by atoms with Gasteiger partial charge in [-0.15, -0.1) is 0 Å². The molecule has 0 saturated heterocycles. The van der Waals surface area contributed by atoms with Gasteiger partial charge in [0, 0.05) is 25.7 Å². The number of hydrogen-bond donors (Lipinski definition) is 1. The smallest absolute Gasteiger partial charge is 0.136 e. The Morgan fingerprint density at radius 1 is 1.45 bits per heavy atom. The number of likely N-dealkylation sites (N-methyl/N-ethyl adjacent to an activating group) is 1. The molecule has 1 N–H and O–H groups in total. The van der Waals surface area contributed by atoms with Gasteiger partial charge in [0.15, 0.2) is 0 Å². The topological polar surface area (TPSA) is 48.3 Å². The molecule has 0 radical (unpaired) electrons. The molecule has 0 aliphatic rings. The SMILES string of the molecule is CCC(C)N(C)CCNCc1ccc(C#N)c(OC)c1. The Kier molecular flexibility index (Phi) is 7.06. The van der Waals surface area contributed by atoms with E-state index in [1.807, 2.05) is 12.1 Å². The summed E-state index contributed by atoms with van der Waals surface area (Å²) in [6.07, 6.45) is 1.17. The van der Waals surface area contributed by atoms with E-state index in [4.69, 9.17) is 10.00 Å². The fraction of sp³-hybridized carbons (Fsp3) is 0.562. The number of nitrogens with one attached hydrogen (secondary N) is 1. The van der Waals surface area contributed by atoms with Crippen molar-refractivity contribution in [2.24, 2.45) is 0 Å². The maximum atomic E-state index is 8.94. The average molecular weight is 275 g/mol. The summed E-state index contributed by atoms with van der Waals surface area (Å²) < 4.78 is 5.21. The van der Waals surface area contributed by atoms with Gasteiger partial charge >= 0.3 is 0 Å². The number of ether oxygens (including phenoxy) is 1. The molecule has 20 heavy (non-hydrogen) atoms. The van der Waals surface area contributed by atoms with E-state index in [0.717, 1.165) is 25.2 Å². The zero-order valence-electron chi connectivity index (χ0n) is 12.9. The monoisotopic (exact) mass is 275 g/mol. The largest absolute Gasteiger partial charge is 0.495 e. The van der Waals surface area contributed by atoms with Gasteiger partial charge in [-0.05, 0) is 38.1 Å². The summed E-state index contributed by atoms with van der Waals surface area (Å²) in [7, 11) is 3.75. The van der Waals surface area contributed by atoms with Crippen molar-refractivity contribution in [2.75, 3.05) is 27.2 Å². The van der Waals surface area contributed by atoms with Crippen LogP contribution in [0, 0.1) is 11.3 Å². The van der Waals surface area contributed by atoms with E-state index in [1.54, 1.807) is 13.2 Å². The maximum absolute atomic E-state index is 8.94. The second-order valence-electron chi connectivity index (χ2n) is 5.06. The maximum Gasteiger partial charge on any atom is 0.136 e. The van der Waals surface area contributed by atoms with Crippen molar-refractivity contribution in [1.29, 1.82) is 5.26 Å². The molecule has 0 aliphatic heterocycles. The van der Waals surface area contributed by atoms with Crippen LogP contribution in [0.5, 0.6) is 5.75 Å². The van der Waals surface area contributed by atoms with Crippen molar-refractivity contribution in [3.05, 3.63) is 29.3 Å². The lowest BCUT2D eigenvalue weighted by molar-refractivity contribution is 0.251. The van der Waals surface area contributed by atoms with Crippen LogP contribution in [0.3, 0.4) is 0 Å². The normalized spacial score (nSPS) is 12.2. The molecule has 1 rings (SSSR count). The van der Waals surface area contributed by atoms with Crippen LogP contribution in [-0.4, -0.2) is 38.2 Å². The number of rotatable bonds is 8. The molecule has 0 fully saturated rings. The van der Waals surface area contributed by atoms with E-state index >= 15 is 0 Å². The summed E-state index contributed by atoms with van der Waals surface area (Å²) in [4.78, 5) is 2.35. The standard InChI is InChI=1S/C16H25N3O/c1-5-13(2)19(3)9-8-18-12-14-6-7-15(11-17)16(10-14)20-4/h6-7,10,13,18H,5,8-9,12H2,1-4H3. The molecule has 0 amide bonds. The van der Waals surface area contributed by atoms with Gasteiger partial charge in [0.25, 0.3) is 0 Å². The Morgan fingerprint density at radius 2 is 2.20 bits per heavy atom. The molecule has 4 nitrogen and oxygen atoms in total. The molecule has 1 atom stereocenters. The van der Waals surface area contributed by atoms with Gasteiger partial charge in [-0.2, -0.15) is 5.26 Å². The summed E-state index contributed by atoms with van der Waals surface area (Å²) in [5.74, 6) is 0.642. The molecule has 0 saturated carbocycles. The zero-order chi connectivity index (χ0) is 15.0. The van der Waals surface area contributed by atoms with E-state index in [-0.39, 0.29) is 0 Å². The lowest BCUT2D eigenvalue weighted by atomic mass is 10.1. The fourth-order valence-electron chi connectivity index (χ4n) is 1.96. The van der Waals surface area contributed by atoms with Gasteiger partial charge in [0.2, 0.25) is 0 Å². The second-order valence-corrected chi connectivity index (χ2v) is 5.06. The third kappa shape index (κ3) is 4.84. The van der Waals surface area contributed by atoms with Crippen LogP contribution in [0.2, 0.25) is 0 Å². The van der Waals surface area contributed by atoms with Crippen LogP contribution in [-0.2, 0) is 6.54 Å². The number of nitrogens with zero attached hydrogens (tertiary/aromatic N) is 2. The zero-order valence-corrected chi connectivity index (χ0v) is 12.9. The predicted molar refractivity (Wildman–Crippen MR) is 81.8 cm³/mol. The minimum absolute atomic E-state index is 0.577. The molecular weight excluding hydrogens is 250 g/mol. The molecule has 1 aromatic rings. The molecule has 0 spiro atoms. The number of methoxy groups -OCH3 is 1. The van der Waals surface area contributed by atoms with Crippen LogP contribution >= 0.6 is 0 Å². The highest BCUT2D eigenvalue weighted by Gasteiger charge is 2.06. The van der Waals surface area contributed by atoms with Gasteiger partial charge in [-0.25, -0.2) is 0 Å². The molecule has 0 aliphatic carbocycles. The first kappa shape index (κ1) is 16.5. The average Bonchev–Trinajstić information content (AvgIpc) is 2.50. The Hall–Kier alpha value is -1.57. The van der Waals surface area contributed by atoms with Crippen LogP contribution < -0.4 is 10.1 Å². The third-order valence-corrected chi connectivity index (χ3v) is 3.70. The highest BCUT2D eigenvalue weighted by atomic mass is 16.5. The number of hydrogen-bond acceptors (Lipinski definition) is 4. The highest BCUT2D eigenvalue weighted by molar-refractivity contribution is 5.45. The van der Waals surface area contributed by atoms with Gasteiger partial charge in [-0.3, -0.25) is 0 Å². The molecule has 1 unspecified atom stereocenters. The Labute approximate surface area is 122 Å². The van der Waals surface area contributed by atoms with Gasteiger partial charge in [-0.1, -0.05) is 13.0 Å². The predicted octanol–water partition coefficient (Wildman–Crippen LogP) is 2.39. The van der Waals surface area contributed by atoms with Crippen LogP contribution in [0.1, 0.15) is 31.4 Å². The van der Waals surface area contributed by atoms with Crippen molar-refractivity contribution >= 4 is 0 Å². The van der Waals surface area contributed by atoms with Gasteiger partial charge < -0.3 is 15.0 Å². The van der Waals surface area contributed by atoms with Gasteiger partial charge in [0.05, 0.1) is 12.7 Å². The Morgan fingerprint density at radius 3 is 2.80 bits per heavy atom. The summed E-state index contributed by atoms with van der Waals surface area (Å²) in [5.41, 5.74) is 1.71. The lowest BCUT2D eigenvalue weighted by Crippen LogP contribution is -2.34. The van der Waals surface area contributed by atoms with E-state index in [1.165, 1.54) is 6.42 Å². The Bertz CT molecular complexity index is 454. The fourth-order valence-corrected chi connectivity index (χ4v) is 1.96. The summed E-state index contributed by atoms with van der Waals surface area (Å²) in [6, 6.07) is 8.43. The second kappa shape index (κ2) is 8.57.